The van der Waals surface area contributed by atoms with E-state index in [-0.39, 0.29) is 6.04 Å². The minimum atomic E-state index is 0.245. The van der Waals surface area contributed by atoms with E-state index in [0.717, 1.165) is 18.2 Å². The fourth-order valence-corrected chi connectivity index (χ4v) is 3.28. The van der Waals surface area contributed by atoms with Crippen molar-refractivity contribution in [3.63, 3.8) is 0 Å². The van der Waals surface area contributed by atoms with Crippen molar-refractivity contribution < 1.29 is 0 Å². The number of aryl methyl sites for hydroxylation is 1. The second-order valence-corrected chi connectivity index (χ2v) is 6.09. The largest absolute Gasteiger partial charge is 0.327 e. The third-order valence-electron chi connectivity index (χ3n) is 4.69. The molecule has 1 aliphatic rings. The van der Waals surface area contributed by atoms with Crippen molar-refractivity contribution in [1.29, 1.82) is 0 Å². The molecule has 1 aromatic rings. The molecule has 0 aliphatic heterocycles. The van der Waals surface area contributed by atoms with Gasteiger partial charge in [-0.2, -0.15) is 5.10 Å². The van der Waals surface area contributed by atoms with E-state index in [9.17, 15) is 0 Å². The third kappa shape index (κ3) is 4.03. The van der Waals surface area contributed by atoms with E-state index in [2.05, 4.69) is 17.0 Å². The fourth-order valence-electron chi connectivity index (χ4n) is 3.28. The highest BCUT2D eigenvalue weighted by molar-refractivity contribution is 4.91. The summed E-state index contributed by atoms with van der Waals surface area (Å²) in [6, 6.07) is 0.245. The molecule has 19 heavy (non-hydrogen) atoms. The van der Waals surface area contributed by atoms with Gasteiger partial charge in [0, 0.05) is 19.5 Å². The van der Waals surface area contributed by atoms with Crippen molar-refractivity contribution in [2.75, 3.05) is 0 Å². The van der Waals surface area contributed by atoms with E-state index in [1.165, 1.54) is 44.9 Å². The Hall–Kier alpha value is -0.900. The number of nitrogens with zero attached hydrogens (tertiary/aromatic N) is 3. The quantitative estimate of drug-likeness (QED) is 0.859. The molecule has 0 saturated heterocycles. The molecule has 0 spiro atoms. The van der Waals surface area contributed by atoms with Crippen molar-refractivity contribution in [2.24, 2.45) is 24.6 Å². The zero-order chi connectivity index (χ0) is 13.7. The van der Waals surface area contributed by atoms with Crippen LogP contribution < -0.4 is 5.73 Å². The zero-order valence-corrected chi connectivity index (χ0v) is 12.4. The summed E-state index contributed by atoms with van der Waals surface area (Å²) in [5.74, 6) is 2.65. The number of aromatic nitrogens is 3. The van der Waals surface area contributed by atoms with Gasteiger partial charge in [0.1, 0.15) is 12.2 Å². The topological polar surface area (TPSA) is 56.7 Å². The van der Waals surface area contributed by atoms with E-state index in [4.69, 9.17) is 5.73 Å². The van der Waals surface area contributed by atoms with Gasteiger partial charge in [0.2, 0.25) is 0 Å². The molecule has 1 unspecified atom stereocenters. The minimum absolute atomic E-state index is 0.245. The van der Waals surface area contributed by atoms with Gasteiger partial charge >= 0.3 is 0 Å². The van der Waals surface area contributed by atoms with Gasteiger partial charge in [-0.15, -0.1) is 0 Å². The molecule has 0 radical (unpaired) electrons. The Morgan fingerprint density at radius 2 is 2.11 bits per heavy atom. The highest BCUT2D eigenvalue weighted by Gasteiger charge is 2.26. The average molecular weight is 264 g/mol. The van der Waals surface area contributed by atoms with Crippen LogP contribution in [-0.2, 0) is 13.5 Å². The first kappa shape index (κ1) is 14.5. The van der Waals surface area contributed by atoms with E-state index >= 15 is 0 Å². The first-order valence-electron chi connectivity index (χ1n) is 7.79. The first-order valence-corrected chi connectivity index (χ1v) is 7.79. The molecule has 1 aromatic heterocycles. The lowest BCUT2D eigenvalue weighted by molar-refractivity contribution is 0.229. The number of nitrogens with two attached hydrogens (primary N) is 1. The molecule has 4 heteroatoms. The second kappa shape index (κ2) is 7.04. The fraction of sp³-hybridized carbons (Fsp3) is 0.867. The number of hydrogen-bond acceptors (Lipinski definition) is 3. The maximum Gasteiger partial charge on any atom is 0.138 e. The van der Waals surface area contributed by atoms with Crippen LogP contribution in [0.25, 0.3) is 0 Å². The van der Waals surface area contributed by atoms with E-state index in [1.807, 2.05) is 11.7 Å². The number of hydrogen-bond donors (Lipinski definition) is 1. The summed E-state index contributed by atoms with van der Waals surface area (Å²) < 4.78 is 1.84. The van der Waals surface area contributed by atoms with Crippen molar-refractivity contribution in [1.82, 2.24) is 14.8 Å². The first-order chi connectivity index (χ1) is 9.20. The van der Waals surface area contributed by atoms with Gasteiger partial charge in [-0.1, -0.05) is 39.0 Å². The van der Waals surface area contributed by atoms with Crippen LogP contribution in [0, 0.1) is 11.8 Å². The monoisotopic (exact) mass is 264 g/mol. The van der Waals surface area contributed by atoms with Crippen LogP contribution in [0.3, 0.4) is 0 Å². The number of unbranched alkanes of at least 4 members (excludes halogenated alkanes) is 1. The molecule has 1 saturated carbocycles. The van der Waals surface area contributed by atoms with Crippen LogP contribution in [0.1, 0.15) is 57.7 Å². The molecular weight excluding hydrogens is 236 g/mol. The van der Waals surface area contributed by atoms with Gasteiger partial charge in [0.15, 0.2) is 0 Å². The molecule has 0 amide bonds. The summed E-state index contributed by atoms with van der Waals surface area (Å²) >= 11 is 0. The molecule has 108 valence electrons. The van der Waals surface area contributed by atoms with E-state index in [1.54, 1.807) is 6.33 Å². The summed E-state index contributed by atoms with van der Waals surface area (Å²) in [5, 5.41) is 4.11. The Labute approximate surface area is 116 Å². The van der Waals surface area contributed by atoms with Crippen LogP contribution in [0.15, 0.2) is 6.33 Å². The Bertz CT molecular complexity index is 366. The van der Waals surface area contributed by atoms with Gasteiger partial charge in [-0.05, 0) is 24.7 Å². The predicted molar refractivity (Wildman–Crippen MR) is 77.7 cm³/mol. The normalized spacial score (nSPS) is 25.4. The maximum atomic E-state index is 6.37. The van der Waals surface area contributed by atoms with Crippen LogP contribution in [0.5, 0.6) is 0 Å². The van der Waals surface area contributed by atoms with Gasteiger partial charge in [0.25, 0.3) is 0 Å². The van der Waals surface area contributed by atoms with Crippen LogP contribution >= 0.6 is 0 Å². The lowest BCUT2D eigenvalue weighted by atomic mass is 9.76. The smallest absolute Gasteiger partial charge is 0.138 e. The number of rotatable bonds is 6. The second-order valence-electron chi connectivity index (χ2n) is 6.09. The Kier molecular flexibility index (Phi) is 5.37. The van der Waals surface area contributed by atoms with Crippen molar-refractivity contribution in [3.8, 4) is 0 Å². The SMILES string of the molecule is CCCCC1CCC(C(N)Cc2ncnn2C)CC1. The molecule has 1 atom stereocenters. The third-order valence-corrected chi connectivity index (χ3v) is 4.69. The lowest BCUT2D eigenvalue weighted by Gasteiger charge is -2.32. The molecule has 1 fully saturated rings. The van der Waals surface area contributed by atoms with Crippen molar-refractivity contribution in [3.05, 3.63) is 12.2 Å². The molecule has 2 N–H and O–H groups in total. The maximum absolute atomic E-state index is 6.37. The summed E-state index contributed by atoms with van der Waals surface area (Å²) in [5.41, 5.74) is 6.37. The van der Waals surface area contributed by atoms with E-state index in [0.29, 0.717) is 5.92 Å². The van der Waals surface area contributed by atoms with Gasteiger partial charge in [-0.25, -0.2) is 4.98 Å². The lowest BCUT2D eigenvalue weighted by Crippen LogP contribution is -2.35. The average Bonchev–Trinajstić information content (AvgIpc) is 2.82. The Balaban J connectivity index is 1.76. The highest BCUT2D eigenvalue weighted by atomic mass is 15.3. The Morgan fingerprint density at radius 1 is 1.37 bits per heavy atom. The molecule has 1 heterocycles. The molecule has 0 bridgehead atoms. The summed E-state index contributed by atoms with van der Waals surface area (Å²) in [6.45, 7) is 2.28. The molecule has 4 nitrogen and oxygen atoms in total. The van der Waals surface area contributed by atoms with Gasteiger partial charge < -0.3 is 5.73 Å². The van der Waals surface area contributed by atoms with Gasteiger partial charge in [-0.3, -0.25) is 4.68 Å². The zero-order valence-electron chi connectivity index (χ0n) is 12.4. The van der Waals surface area contributed by atoms with Crippen LogP contribution in [-0.4, -0.2) is 20.8 Å². The predicted octanol–water partition coefficient (Wildman–Crippen LogP) is 2.68. The van der Waals surface area contributed by atoms with Crippen LogP contribution in [0.4, 0.5) is 0 Å². The Morgan fingerprint density at radius 3 is 2.68 bits per heavy atom. The van der Waals surface area contributed by atoms with Crippen LogP contribution in [0.2, 0.25) is 0 Å². The molecule has 0 aromatic carbocycles. The molecule has 1 aliphatic carbocycles. The highest BCUT2D eigenvalue weighted by Crippen LogP contribution is 2.33. The molecule has 2 rings (SSSR count). The summed E-state index contributed by atoms with van der Waals surface area (Å²) in [6.07, 6.45) is 12.0. The molecular formula is C15H28N4. The standard InChI is InChI=1S/C15H28N4/c1-3-4-5-12-6-8-13(9-7-12)14(16)10-15-17-11-18-19(15)2/h11-14H,3-10,16H2,1-2H3. The van der Waals surface area contributed by atoms with Crippen molar-refractivity contribution in [2.45, 2.75) is 64.3 Å². The van der Waals surface area contributed by atoms with Gasteiger partial charge in [0.05, 0.1) is 0 Å². The summed E-state index contributed by atoms with van der Waals surface area (Å²) in [4.78, 5) is 4.28. The minimum Gasteiger partial charge on any atom is -0.327 e. The summed E-state index contributed by atoms with van der Waals surface area (Å²) in [7, 11) is 1.94. The van der Waals surface area contributed by atoms with Crippen molar-refractivity contribution >= 4 is 0 Å². The van der Waals surface area contributed by atoms with E-state index < -0.39 is 0 Å².